The summed E-state index contributed by atoms with van der Waals surface area (Å²) in [4.78, 5) is 0. The van der Waals surface area contributed by atoms with Gasteiger partial charge in [-0.1, -0.05) is 0 Å². The van der Waals surface area contributed by atoms with Crippen molar-refractivity contribution in [2.45, 2.75) is 6.61 Å². The van der Waals surface area contributed by atoms with Crippen LogP contribution in [0.1, 0.15) is 5.56 Å². The molecule has 0 radical (unpaired) electrons. The second kappa shape index (κ2) is 6.75. The van der Waals surface area contributed by atoms with Crippen molar-refractivity contribution >= 4 is 7.82 Å². The highest BCUT2D eigenvalue weighted by Gasteiger charge is 2.22. The quantitative estimate of drug-likeness (QED) is 0.713. The van der Waals surface area contributed by atoms with E-state index in [4.69, 9.17) is 14.0 Å². The smallest absolute Gasteiger partial charge is 0.474 e. The zero-order valence-electron chi connectivity index (χ0n) is 10.8. The number of phosphoric acid groups is 1. The van der Waals surface area contributed by atoms with Crippen LogP contribution in [-0.4, -0.2) is 28.4 Å². The molecule has 1 rings (SSSR count). The molecule has 1 aromatic carbocycles. The minimum absolute atomic E-state index is 0.0620. The molecule has 0 N–H and O–H groups in total. The molecule has 0 amide bonds. The molecule has 0 heterocycles. The fourth-order valence-corrected chi connectivity index (χ4v) is 1.95. The summed E-state index contributed by atoms with van der Waals surface area (Å²) in [6.45, 7) is 0.0620. The van der Waals surface area contributed by atoms with Gasteiger partial charge in [0.05, 0.1) is 20.8 Å². The lowest BCUT2D eigenvalue weighted by molar-refractivity contribution is 0.145. The third-order valence-corrected chi connectivity index (χ3v) is 3.59. The van der Waals surface area contributed by atoms with E-state index in [1.165, 1.54) is 14.2 Å². The van der Waals surface area contributed by atoms with Crippen LogP contribution >= 0.6 is 7.82 Å². The van der Waals surface area contributed by atoms with Gasteiger partial charge in [-0.2, -0.15) is 0 Å². The SMILES string of the molecule is COc1cc(COP(=O)(OC)OC)cc(OC)c1. The predicted molar refractivity (Wildman–Crippen MR) is 66.0 cm³/mol. The Balaban J connectivity index is 2.81. The Morgan fingerprint density at radius 2 is 1.44 bits per heavy atom. The van der Waals surface area contributed by atoms with Crippen molar-refractivity contribution in [3.63, 3.8) is 0 Å². The first kappa shape index (κ1) is 15.0. The fourth-order valence-electron chi connectivity index (χ4n) is 1.28. The van der Waals surface area contributed by atoms with Crippen LogP contribution in [0.2, 0.25) is 0 Å². The van der Waals surface area contributed by atoms with Crippen molar-refractivity contribution in [1.82, 2.24) is 0 Å². The summed E-state index contributed by atoms with van der Waals surface area (Å²) in [7, 11) is 2.15. The molecule has 0 aromatic heterocycles. The van der Waals surface area contributed by atoms with Crippen LogP contribution in [0.3, 0.4) is 0 Å². The lowest BCUT2D eigenvalue weighted by atomic mass is 10.2. The van der Waals surface area contributed by atoms with E-state index in [2.05, 4.69) is 9.05 Å². The molecule has 6 nitrogen and oxygen atoms in total. The van der Waals surface area contributed by atoms with Crippen molar-refractivity contribution in [2.75, 3.05) is 28.4 Å². The van der Waals surface area contributed by atoms with E-state index in [0.29, 0.717) is 11.5 Å². The normalized spacial score (nSPS) is 11.3. The van der Waals surface area contributed by atoms with Gasteiger partial charge in [0, 0.05) is 20.3 Å². The minimum Gasteiger partial charge on any atom is -0.497 e. The fraction of sp³-hybridized carbons (Fsp3) is 0.455. The van der Waals surface area contributed by atoms with Crippen LogP contribution in [0, 0.1) is 0 Å². The van der Waals surface area contributed by atoms with E-state index in [0.717, 1.165) is 5.56 Å². The van der Waals surface area contributed by atoms with Crippen molar-refractivity contribution in [2.24, 2.45) is 0 Å². The number of phosphoric ester groups is 1. The van der Waals surface area contributed by atoms with Gasteiger partial charge in [-0.25, -0.2) is 4.57 Å². The van der Waals surface area contributed by atoms with Gasteiger partial charge in [-0.15, -0.1) is 0 Å². The molecule has 0 saturated heterocycles. The van der Waals surface area contributed by atoms with Crippen molar-refractivity contribution in [3.8, 4) is 11.5 Å². The predicted octanol–water partition coefficient (Wildman–Crippen LogP) is 2.62. The summed E-state index contributed by atoms with van der Waals surface area (Å²) in [5, 5.41) is 0. The van der Waals surface area contributed by atoms with E-state index in [-0.39, 0.29) is 6.61 Å². The molecule has 0 aliphatic rings. The molecule has 0 aliphatic heterocycles. The second-order valence-corrected chi connectivity index (χ2v) is 5.19. The monoisotopic (exact) mass is 276 g/mol. The van der Waals surface area contributed by atoms with Gasteiger partial charge in [0.25, 0.3) is 0 Å². The zero-order valence-corrected chi connectivity index (χ0v) is 11.7. The number of hydrogen-bond acceptors (Lipinski definition) is 6. The van der Waals surface area contributed by atoms with Gasteiger partial charge in [0.1, 0.15) is 11.5 Å². The van der Waals surface area contributed by atoms with Crippen LogP contribution in [0.15, 0.2) is 18.2 Å². The lowest BCUT2D eigenvalue weighted by Crippen LogP contribution is -1.97. The molecule has 0 fully saturated rings. The van der Waals surface area contributed by atoms with Crippen LogP contribution < -0.4 is 9.47 Å². The highest BCUT2D eigenvalue weighted by molar-refractivity contribution is 7.48. The van der Waals surface area contributed by atoms with Gasteiger partial charge in [0.2, 0.25) is 0 Å². The maximum atomic E-state index is 11.7. The number of benzene rings is 1. The third kappa shape index (κ3) is 3.99. The molecular formula is C11H17O6P. The van der Waals surface area contributed by atoms with Crippen LogP contribution in [-0.2, 0) is 24.7 Å². The van der Waals surface area contributed by atoms with E-state index in [9.17, 15) is 4.57 Å². The van der Waals surface area contributed by atoms with E-state index in [1.54, 1.807) is 32.4 Å². The first-order valence-corrected chi connectivity index (χ1v) is 6.61. The Hall–Kier alpha value is -1.07. The molecular weight excluding hydrogens is 259 g/mol. The average molecular weight is 276 g/mol. The highest BCUT2D eigenvalue weighted by atomic mass is 31.2. The molecule has 18 heavy (non-hydrogen) atoms. The largest absolute Gasteiger partial charge is 0.497 e. The van der Waals surface area contributed by atoms with Gasteiger partial charge in [-0.3, -0.25) is 13.6 Å². The molecule has 0 aliphatic carbocycles. The van der Waals surface area contributed by atoms with Gasteiger partial charge in [-0.05, 0) is 17.7 Å². The summed E-state index contributed by atoms with van der Waals surface area (Å²) in [6, 6.07) is 5.23. The summed E-state index contributed by atoms with van der Waals surface area (Å²) >= 11 is 0. The Labute approximate surface area is 106 Å². The number of methoxy groups -OCH3 is 2. The molecule has 0 spiro atoms. The Bertz CT molecular complexity index is 403. The van der Waals surface area contributed by atoms with Crippen molar-refractivity contribution in [1.29, 1.82) is 0 Å². The first-order valence-electron chi connectivity index (χ1n) is 5.15. The maximum absolute atomic E-state index is 11.7. The molecule has 1 aromatic rings. The van der Waals surface area contributed by atoms with Crippen LogP contribution in [0.25, 0.3) is 0 Å². The Morgan fingerprint density at radius 3 is 1.83 bits per heavy atom. The summed E-state index contributed by atoms with van der Waals surface area (Å²) in [5.74, 6) is 1.25. The third-order valence-electron chi connectivity index (χ3n) is 2.25. The summed E-state index contributed by atoms with van der Waals surface area (Å²) < 4.78 is 36.4. The maximum Gasteiger partial charge on any atom is 0.474 e. The number of hydrogen-bond donors (Lipinski definition) is 0. The summed E-state index contributed by atoms with van der Waals surface area (Å²) in [6.07, 6.45) is 0. The lowest BCUT2D eigenvalue weighted by Gasteiger charge is -2.14. The van der Waals surface area contributed by atoms with Crippen LogP contribution in [0.4, 0.5) is 0 Å². The molecule has 0 bridgehead atoms. The molecule has 7 heteroatoms. The molecule has 0 atom stereocenters. The van der Waals surface area contributed by atoms with E-state index >= 15 is 0 Å². The number of rotatable bonds is 7. The average Bonchev–Trinajstić information content (AvgIpc) is 2.44. The number of ether oxygens (including phenoxy) is 2. The van der Waals surface area contributed by atoms with Crippen LogP contribution in [0.5, 0.6) is 11.5 Å². The Kier molecular flexibility index (Phi) is 5.62. The van der Waals surface area contributed by atoms with Crippen molar-refractivity contribution in [3.05, 3.63) is 23.8 Å². The van der Waals surface area contributed by atoms with Gasteiger partial charge in [0.15, 0.2) is 0 Å². The molecule has 0 saturated carbocycles. The standard InChI is InChI=1S/C11H17O6P/c1-13-10-5-9(6-11(7-10)14-2)8-17-18(12,15-3)16-4/h5-7H,8H2,1-4H3. The molecule has 0 unspecified atom stereocenters. The van der Waals surface area contributed by atoms with Gasteiger partial charge >= 0.3 is 7.82 Å². The zero-order chi connectivity index (χ0) is 13.6. The van der Waals surface area contributed by atoms with E-state index in [1.807, 2.05) is 0 Å². The highest BCUT2D eigenvalue weighted by Crippen LogP contribution is 2.48. The first-order chi connectivity index (χ1) is 8.56. The summed E-state index contributed by atoms with van der Waals surface area (Å²) in [5.41, 5.74) is 0.737. The van der Waals surface area contributed by atoms with Gasteiger partial charge < -0.3 is 9.47 Å². The molecule has 102 valence electrons. The topological polar surface area (TPSA) is 63.2 Å². The minimum atomic E-state index is -3.48. The Morgan fingerprint density at radius 1 is 0.944 bits per heavy atom. The van der Waals surface area contributed by atoms with E-state index < -0.39 is 7.82 Å². The second-order valence-electron chi connectivity index (χ2n) is 3.31. The van der Waals surface area contributed by atoms with Crippen molar-refractivity contribution < 1.29 is 27.6 Å².